The summed E-state index contributed by atoms with van der Waals surface area (Å²) in [5.74, 6) is 1.31. The van der Waals surface area contributed by atoms with Crippen molar-refractivity contribution in [3.8, 4) is 0 Å². The van der Waals surface area contributed by atoms with Gasteiger partial charge < -0.3 is 14.2 Å². The van der Waals surface area contributed by atoms with E-state index in [2.05, 4.69) is 5.16 Å². The van der Waals surface area contributed by atoms with Gasteiger partial charge in [-0.15, -0.1) is 11.3 Å². The van der Waals surface area contributed by atoms with Crippen molar-refractivity contribution in [3.05, 3.63) is 80.9 Å². The normalized spacial score (nSPS) is 15.4. The average molecular weight is 456 g/mol. The quantitative estimate of drug-likeness (QED) is 0.272. The van der Waals surface area contributed by atoms with E-state index in [-0.39, 0.29) is 11.9 Å². The van der Waals surface area contributed by atoms with Gasteiger partial charge in [-0.1, -0.05) is 41.0 Å². The number of Topliss-reactive ketones (excluding diaryl/α,β-unsaturated/α-hetero) is 1. The molecular weight excluding hydrogens is 434 g/mol. The molecule has 4 rings (SSSR count). The molecule has 3 aromatic rings. The summed E-state index contributed by atoms with van der Waals surface area (Å²) in [5.41, 5.74) is 2.64. The third-order valence-electron chi connectivity index (χ3n) is 5.12. The second-order valence-corrected chi connectivity index (χ2v) is 9.11. The maximum Gasteiger partial charge on any atom is 0.172 e. The highest BCUT2D eigenvalue weighted by Gasteiger charge is 2.23. The van der Waals surface area contributed by atoms with Crippen LogP contribution in [0.2, 0.25) is 4.34 Å². The maximum absolute atomic E-state index is 12.3. The number of carbonyl (C=O) groups excluding carboxylic acids is 1. The summed E-state index contributed by atoms with van der Waals surface area (Å²) in [5, 5.41) is 12.6. The van der Waals surface area contributed by atoms with Crippen LogP contribution in [0.3, 0.4) is 0 Å². The van der Waals surface area contributed by atoms with E-state index in [0.29, 0.717) is 40.9 Å². The molecule has 0 spiro atoms. The lowest BCUT2D eigenvalue weighted by atomic mass is 10.00. The number of thiophene rings is 1. The van der Waals surface area contributed by atoms with E-state index in [1.165, 1.54) is 11.3 Å². The maximum atomic E-state index is 12.3. The largest absolute Gasteiger partial charge is 0.467 e. The van der Waals surface area contributed by atoms with Crippen molar-refractivity contribution >= 4 is 40.3 Å². The molecule has 0 radical (unpaired) electrons. The number of furan rings is 1. The van der Waals surface area contributed by atoms with Gasteiger partial charge >= 0.3 is 0 Å². The molecule has 31 heavy (non-hydrogen) atoms. The van der Waals surface area contributed by atoms with Gasteiger partial charge in [-0.25, -0.2) is 0 Å². The number of rotatable bonds is 8. The molecular formula is C23H22ClN3O3S. The minimum atomic E-state index is -0.105. The molecule has 0 saturated carbocycles. The monoisotopic (exact) mass is 455 g/mol. The Bertz CT molecular complexity index is 1090. The third-order valence-corrected chi connectivity index (χ3v) is 6.39. The molecule has 160 valence electrons. The van der Waals surface area contributed by atoms with E-state index in [1.54, 1.807) is 18.4 Å². The van der Waals surface area contributed by atoms with Crippen LogP contribution >= 0.6 is 22.9 Å². The number of amidine groups is 1. The van der Waals surface area contributed by atoms with Crippen molar-refractivity contribution < 1.29 is 14.0 Å². The van der Waals surface area contributed by atoms with Crippen molar-refractivity contribution in [2.24, 2.45) is 5.16 Å². The SMILES string of the molecule is CN(Cc1ccco1)C(=N)c1ccc(C2=NOC(CCC(=O)c3ccc(Cl)s3)C2)cc1. The molecule has 0 amide bonds. The Morgan fingerprint density at radius 1 is 1.26 bits per heavy atom. The van der Waals surface area contributed by atoms with Crippen LogP contribution in [0.25, 0.3) is 0 Å². The summed E-state index contributed by atoms with van der Waals surface area (Å²) in [7, 11) is 1.86. The Balaban J connectivity index is 1.29. The molecule has 1 unspecified atom stereocenters. The Hall–Kier alpha value is -2.90. The van der Waals surface area contributed by atoms with Crippen LogP contribution in [-0.2, 0) is 11.4 Å². The zero-order valence-electron chi connectivity index (χ0n) is 17.0. The van der Waals surface area contributed by atoms with E-state index >= 15 is 0 Å². The first kappa shape index (κ1) is 21.3. The average Bonchev–Trinajstić information content (AvgIpc) is 3.54. The Morgan fingerprint density at radius 2 is 2.06 bits per heavy atom. The Kier molecular flexibility index (Phi) is 6.53. The first-order valence-electron chi connectivity index (χ1n) is 9.93. The highest BCUT2D eigenvalue weighted by molar-refractivity contribution is 7.18. The highest BCUT2D eigenvalue weighted by Crippen LogP contribution is 2.25. The lowest BCUT2D eigenvalue weighted by Crippen LogP contribution is -2.26. The number of nitrogens with zero attached hydrogens (tertiary/aromatic N) is 2. The van der Waals surface area contributed by atoms with Crippen LogP contribution in [0.15, 0.2) is 64.4 Å². The minimum absolute atomic E-state index is 0.0792. The number of nitrogens with one attached hydrogen (secondary N) is 1. The first-order valence-corrected chi connectivity index (χ1v) is 11.1. The van der Waals surface area contributed by atoms with E-state index in [4.69, 9.17) is 26.3 Å². The van der Waals surface area contributed by atoms with Crippen LogP contribution in [-0.4, -0.2) is 35.4 Å². The Morgan fingerprint density at radius 3 is 2.74 bits per heavy atom. The van der Waals surface area contributed by atoms with Crippen LogP contribution < -0.4 is 0 Å². The molecule has 3 heterocycles. The standard InChI is InChI=1S/C23H22ClN3O3S/c1-27(14-18-3-2-12-29-18)23(25)16-6-4-15(5-7-16)19-13-17(30-26-19)8-9-20(28)21-10-11-22(24)31-21/h2-7,10-12,17,25H,8-9,13-14H2,1H3. The van der Waals surface area contributed by atoms with Crippen molar-refractivity contribution in [2.45, 2.75) is 31.9 Å². The van der Waals surface area contributed by atoms with Gasteiger partial charge in [0.2, 0.25) is 0 Å². The molecule has 1 aliphatic heterocycles. The number of benzene rings is 1. The van der Waals surface area contributed by atoms with Crippen molar-refractivity contribution in [2.75, 3.05) is 7.05 Å². The summed E-state index contributed by atoms with van der Waals surface area (Å²) < 4.78 is 5.97. The zero-order valence-corrected chi connectivity index (χ0v) is 18.6. The second-order valence-electron chi connectivity index (χ2n) is 7.40. The molecule has 0 bridgehead atoms. The van der Waals surface area contributed by atoms with E-state index in [9.17, 15) is 4.79 Å². The lowest BCUT2D eigenvalue weighted by Gasteiger charge is -2.19. The van der Waals surface area contributed by atoms with Gasteiger partial charge in [0.15, 0.2) is 5.78 Å². The molecule has 0 fully saturated rings. The van der Waals surface area contributed by atoms with Crippen molar-refractivity contribution in [1.29, 1.82) is 5.41 Å². The number of hydrogen-bond donors (Lipinski definition) is 1. The number of halogens is 1. The smallest absolute Gasteiger partial charge is 0.172 e. The summed E-state index contributed by atoms with van der Waals surface area (Å²) in [4.78, 5) is 20.3. The predicted molar refractivity (Wildman–Crippen MR) is 122 cm³/mol. The van der Waals surface area contributed by atoms with Crippen molar-refractivity contribution in [3.63, 3.8) is 0 Å². The summed E-state index contributed by atoms with van der Waals surface area (Å²) in [6.07, 6.45) is 3.21. The molecule has 1 atom stereocenters. The van der Waals surface area contributed by atoms with Crippen LogP contribution in [0.4, 0.5) is 0 Å². The van der Waals surface area contributed by atoms with Gasteiger partial charge in [-0.2, -0.15) is 0 Å². The molecule has 0 aliphatic carbocycles. The van der Waals surface area contributed by atoms with Crippen molar-refractivity contribution in [1.82, 2.24) is 4.90 Å². The number of hydrogen-bond acceptors (Lipinski definition) is 6. The number of oxime groups is 1. The molecule has 8 heteroatoms. The van der Waals surface area contributed by atoms with E-state index < -0.39 is 0 Å². The third kappa shape index (κ3) is 5.24. The van der Waals surface area contributed by atoms with Crippen LogP contribution in [0.5, 0.6) is 0 Å². The van der Waals surface area contributed by atoms with Gasteiger partial charge in [0.25, 0.3) is 0 Å². The Labute approximate surface area is 189 Å². The van der Waals surface area contributed by atoms with Gasteiger partial charge in [-0.3, -0.25) is 10.2 Å². The van der Waals surface area contributed by atoms with Crippen LogP contribution in [0.1, 0.15) is 45.8 Å². The zero-order chi connectivity index (χ0) is 21.8. The molecule has 1 aromatic carbocycles. The number of ketones is 1. The van der Waals surface area contributed by atoms with Gasteiger partial charge in [0.1, 0.15) is 17.7 Å². The second kappa shape index (κ2) is 9.49. The fourth-order valence-corrected chi connectivity index (χ4v) is 4.40. The van der Waals surface area contributed by atoms with Crippen LogP contribution in [0, 0.1) is 5.41 Å². The van der Waals surface area contributed by atoms with Gasteiger partial charge in [0.05, 0.1) is 27.7 Å². The summed E-state index contributed by atoms with van der Waals surface area (Å²) in [6, 6.07) is 15.0. The van der Waals surface area contributed by atoms with E-state index in [0.717, 1.165) is 22.6 Å². The predicted octanol–water partition coefficient (Wildman–Crippen LogP) is 5.61. The number of carbonyl (C=O) groups is 1. The van der Waals surface area contributed by atoms with Gasteiger partial charge in [0, 0.05) is 25.5 Å². The molecule has 0 saturated heterocycles. The van der Waals surface area contributed by atoms with E-state index in [1.807, 2.05) is 48.3 Å². The molecule has 6 nitrogen and oxygen atoms in total. The molecule has 1 N–H and O–H groups in total. The highest BCUT2D eigenvalue weighted by atomic mass is 35.5. The topological polar surface area (TPSA) is 78.9 Å². The fourth-order valence-electron chi connectivity index (χ4n) is 3.39. The first-order chi connectivity index (χ1) is 15.0. The fraction of sp³-hybridized carbons (Fsp3) is 0.261. The minimum Gasteiger partial charge on any atom is -0.467 e. The van der Waals surface area contributed by atoms with Gasteiger partial charge in [-0.05, 0) is 36.2 Å². The molecule has 1 aliphatic rings. The summed E-state index contributed by atoms with van der Waals surface area (Å²) >= 11 is 7.20. The summed E-state index contributed by atoms with van der Waals surface area (Å²) in [6.45, 7) is 0.534. The molecule has 2 aromatic heterocycles. The lowest BCUT2D eigenvalue weighted by molar-refractivity contribution is 0.0720.